The number of fused-ring (bicyclic) bond motifs is 1. The second-order valence-electron chi connectivity index (χ2n) is 10.8. The number of nitrogens with zero attached hydrogens (tertiary/aromatic N) is 1. The molecule has 2 aromatic rings. The van der Waals surface area contributed by atoms with Crippen molar-refractivity contribution in [2.45, 2.75) is 62.5 Å². The van der Waals surface area contributed by atoms with Crippen molar-refractivity contribution in [1.82, 2.24) is 10.2 Å². The number of rotatable bonds is 8. The molecule has 8 heteroatoms. The Hall–Kier alpha value is -2.16. The maximum atomic E-state index is 12.9. The van der Waals surface area contributed by atoms with Gasteiger partial charge < -0.3 is 14.8 Å². The second-order valence-corrected chi connectivity index (χ2v) is 12.6. The molecule has 1 N–H and O–H groups in total. The van der Waals surface area contributed by atoms with Crippen molar-refractivity contribution in [3.05, 3.63) is 56.7 Å². The molecule has 198 valence electrons. The van der Waals surface area contributed by atoms with Gasteiger partial charge in [-0.1, -0.05) is 12.1 Å². The highest BCUT2D eigenvalue weighted by molar-refractivity contribution is 9.10. The van der Waals surface area contributed by atoms with Gasteiger partial charge in [0.25, 0.3) is 0 Å². The minimum Gasteiger partial charge on any atom is -0.497 e. The van der Waals surface area contributed by atoms with E-state index in [0.29, 0.717) is 6.42 Å². The van der Waals surface area contributed by atoms with E-state index in [9.17, 15) is 9.59 Å². The summed E-state index contributed by atoms with van der Waals surface area (Å²) in [5, 5.41) is 5.26. The van der Waals surface area contributed by atoms with Crippen molar-refractivity contribution in [3.63, 3.8) is 0 Å². The smallest absolute Gasteiger partial charge is 0.303 e. The van der Waals surface area contributed by atoms with Gasteiger partial charge in [-0.3, -0.25) is 14.5 Å². The van der Waals surface area contributed by atoms with Crippen LogP contribution >= 0.6 is 27.3 Å². The molecule has 37 heavy (non-hydrogen) atoms. The number of likely N-dealkylation sites (tertiary alicyclic amines) is 1. The van der Waals surface area contributed by atoms with Crippen LogP contribution in [0.25, 0.3) is 6.08 Å². The highest BCUT2D eigenvalue weighted by Gasteiger charge is 2.61. The summed E-state index contributed by atoms with van der Waals surface area (Å²) in [6.45, 7) is 4.27. The molecule has 5 rings (SSSR count). The molecule has 1 aromatic carbocycles. The SMILES string of the molecule is COc1cccc([C@@]23CCN(CC4CC4)C[C@@]2(OC(C)=O)CC[C@H](NC(=O)/C=C/c2cc(Br)cs2)C3)c1. The molecule has 3 aliphatic rings. The number of ether oxygens (including phenoxy) is 2. The zero-order valence-corrected chi connectivity index (χ0v) is 23.9. The van der Waals surface area contributed by atoms with Crippen LogP contribution in [0.1, 0.15) is 55.9 Å². The lowest BCUT2D eigenvalue weighted by atomic mass is 9.55. The van der Waals surface area contributed by atoms with Crippen LogP contribution in [0.5, 0.6) is 5.75 Å². The summed E-state index contributed by atoms with van der Waals surface area (Å²) in [7, 11) is 1.68. The predicted octanol–water partition coefficient (Wildman–Crippen LogP) is 5.56. The van der Waals surface area contributed by atoms with E-state index in [4.69, 9.17) is 9.47 Å². The molecule has 1 aromatic heterocycles. The largest absolute Gasteiger partial charge is 0.497 e. The lowest BCUT2D eigenvalue weighted by Gasteiger charge is -2.59. The van der Waals surface area contributed by atoms with Gasteiger partial charge in [-0.25, -0.2) is 0 Å². The molecule has 6 nitrogen and oxygen atoms in total. The van der Waals surface area contributed by atoms with Crippen LogP contribution in [-0.4, -0.2) is 55.2 Å². The maximum absolute atomic E-state index is 12.9. The highest BCUT2D eigenvalue weighted by atomic mass is 79.9. The molecule has 0 bridgehead atoms. The number of esters is 1. The molecule has 1 amide bonds. The van der Waals surface area contributed by atoms with Crippen molar-refractivity contribution >= 4 is 45.2 Å². The van der Waals surface area contributed by atoms with Gasteiger partial charge in [0.15, 0.2) is 0 Å². The molecule has 1 aliphatic heterocycles. The second kappa shape index (κ2) is 10.9. The third kappa shape index (κ3) is 5.81. The van der Waals surface area contributed by atoms with Crippen molar-refractivity contribution < 1.29 is 19.1 Å². The third-order valence-corrected chi connectivity index (χ3v) is 9.86. The third-order valence-electron chi connectivity index (χ3n) is 8.21. The average molecular weight is 588 g/mol. The van der Waals surface area contributed by atoms with Crippen molar-refractivity contribution in [2.24, 2.45) is 5.92 Å². The number of thiophene rings is 1. The maximum Gasteiger partial charge on any atom is 0.303 e. The number of hydrogen-bond acceptors (Lipinski definition) is 6. The fourth-order valence-electron chi connectivity index (χ4n) is 6.37. The van der Waals surface area contributed by atoms with Crippen LogP contribution < -0.4 is 10.1 Å². The Morgan fingerprint density at radius 1 is 1.24 bits per heavy atom. The molecule has 2 heterocycles. The first kappa shape index (κ1) is 26.4. The van der Waals surface area contributed by atoms with Crippen molar-refractivity contribution in [3.8, 4) is 5.75 Å². The molecule has 0 unspecified atom stereocenters. The first-order chi connectivity index (χ1) is 17.8. The molecule has 2 saturated carbocycles. The monoisotopic (exact) mass is 586 g/mol. The van der Waals surface area contributed by atoms with Gasteiger partial charge in [0.1, 0.15) is 11.4 Å². The molecule has 1 saturated heterocycles. The minimum atomic E-state index is -0.640. The number of piperidine rings is 1. The Morgan fingerprint density at radius 3 is 2.78 bits per heavy atom. The van der Waals surface area contributed by atoms with E-state index in [1.165, 1.54) is 19.8 Å². The molecule has 2 aliphatic carbocycles. The quantitative estimate of drug-likeness (QED) is 0.324. The number of benzene rings is 1. The normalized spacial score (nSPS) is 28.0. The Balaban J connectivity index is 1.44. The molecule has 0 radical (unpaired) electrons. The first-order valence-corrected chi connectivity index (χ1v) is 14.8. The van der Waals surface area contributed by atoms with E-state index >= 15 is 0 Å². The van der Waals surface area contributed by atoms with Crippen molar-refractivity contribution in [1.29, 1.82) is 0 Å². The van der Waals surface area contributed by atoms with E-state index in [-0.39, 0.29) is 17.9 Å². The fourth-order valence-corrected chi connectivity index (χ4v) is 7.71. The lowest BCUT2D eigenvalue weighted by Crippen LogP contribution is -2.68. The molecule has 0 spiro atoms. The van der Waals surface area contributed by atoms with Crippen LogP contribution in [0.3, 0.4) is 0 Å². The predicted molar refractivity (Wildman–Crippen MR) is 150 cm³/mol. The summed E-state index contributed by atoms with van der Waals surface area (Å²) < 4.78 is 13.0. The zero-order valence-electron chi connectivity index (χ0n) is 21.5. The van der Waals surface area contributed by atoms with E-state index in [2.05, 4.69) is 38.3 Å². The van der Waals surface area contributed by atoms with E-state index in [0.717, 1.165) is 65.5 Å². The van der Waals surface area contributed by atoms with Gasteiger partial charge in [0, 0.05) is 52.3 Å². The summed E-state index contributed by atoms with van der Waals surface area (Å²) in [6.07, 6.45) is 9.11. The number of carbonyl (C=O) groups is 2. The number of halogens is 1. The van der Waals surface area contributed by atoms with Gasteiger partial charge in [0.2, 0.25) is 5.91 Å². The summed E-state index contributed by atoms with van der Waals surface area (Å²) in [6, 6.07) is 10.2. The van der Waals surface area contributed by atoms with Crippen LogP contribution in [0, 0.1) is 5.92 Å². The van der Waals surface area contributed by atoms with Gasteiger partial charge >= 0.3 is 5.97 Å². The Kier molecular flexibility index (Phi) is 7.80. The van der Waals surface area contributed by atoms with E-state index in [1.54, 1.807) is 24.5 Å². The van der Waals surface area contributed by atoms with Crippen LogP contribution in [0.4, 0.5) is 0 Å². The van der Waals surface area contributed by atoms with Gasteiger partial charge in [0.05, 0.1) is 7.11 Å². The zero-order chi connectivity index (χ0) is 26.0. The molecular formula is C29H35BrN2O4S. The molecular weight excluding hydrogens is 552 g/mol. The number of methoxy groups -OCH3 is 1. The number of amides is 1. The Morgan fingerprint density at radius 2 is 2.08 bits per heavy atom. The van der Waals surface area contributed by atoms with Gasteiger partial charge in [-0.2, -0.15) is 0 Å². The summed E-state index contributed by atoms with van der Waals surface area (Å²) >= 11 is 5.05. The minimum absolute atomic E-state index is 0.0166. The van der Waals surface area contributed by atoms with Gasteiger partial charge in [-0.05, 0) is 96.8 Å². The van der Waals surface area contributed by atoms with Crippen LogP contribution in [0.15, 0.2) is 46.3 Å². The van der Waals surface area contributed by atoms with E-state index < -0.39 is 11.0 Å². The standard InChI is InChI=1S/C29H35BrN2O4S/c1-20(33)36-29-11-10-24(31-27(34)9-8-26-15-23(30)18-37-26)16-28(29,22-4-3-5-25(14-22)35-2)12-13-32(19-29)17-21-6-7-21/h3-5,8-9,14-15,18,21,24H,6-7,10-13,16-17,19H2,1-2H3,(H,31,34)/b9-8+/t24-,28-,29-/m0/s1. The van der Waals surface area contributed by atoms with Crippen LogP contribution in [-0.2, 0) is 19.7 Å². The van der Waals surface area contributed by atoms with Gasteiger partial charge in [-0.15, -0.1) is 11.3 Å². The highest BCUT2D eigenvalue weighted by Crippen LogP contribution is 2.54. The number of hydrogen-bond donors (Lipinski definition) is 1. The van der Waals surface area contributed by atoms with Crippen molar-refractivity contribution in [2.75, 3.05) is 26.7 Å². The number of nitrogens with one attached hydrogen (secondary N) is 1. The average Bonchev–Trinajstić information content (AvgIpc) is 3.59. The summed E-state index contributed by atoms with van der Waals surface area (Å²) in [5.74, 6) is 1.22. The van der Waals surface area contributed by atoms with E-state index in [1.807, 2.05) is 29.7 Å². The summed E-state index contributed by atoms with van der Waals surface area (Å²) in [4.78, 5) is 29.0. The Bertz CT molecular complexity index is 1180. The topological polar surface area (TPSA) is 67.9 Å². The lowest BCUT2D eigenvalue weighted by molar-refractivity contribution is -0.187. The van der Waals surface area contributed by atoms with Crippen LogP contribution in [0.2, 0.25) is 0 Å². The molecule has 3 fully saturated rings. The fraction of sp³-hybridized carbons (Fsp3) is 0.517. The first-order valence-electron chi connectivity index (χ1n) is 13.1. The number of carbonyl (C=O) groups excluding carboxylic acids is 2. The molecule has 3 atom stereocenters. The Labute approximate surface area is 231 Å². The summed E-state index contributed by atoms with van der Waals surface area (Å²) in [5.41, 5.74) is 0.0712.